The molecular formula is C31H25BrClNO6. The number of aryl methyl sites for hydroxylation is 1. The Hall–Kier alpha value is -3.49. The van der Waals surface area contributed by atoms with E-state index in [0.29, 0.717) is 28.8 Å². The minimum Gasteiger partial charge on any atom is -0.503 e. The van der Waals surface area contributed by atoms with Crippen molar-refractivity contribution in [3.8, 4) is 11.5 Å². The quantitative estimate of drug-likeness (QED) is 0.271. The zero-order valence-electron chi connectivity index (χ0n) is 21.7. The van der Waals surface area contributed by atoms with Crippen molar-refractivity contribution in [1.82, 2.24) is 0 Å². The molecule has 4 aliphatic rings. The number of anilines is 1. The van der Waals surface area contributed by atoms with Crippen LogP contribution in [0.3, 0.4) is 0 Å². The average Bonchev–Trinajstić information content (AvgIpc) is 3.21. The van der Waals surface area contributed by atoms with Crippen molar-refractivity contribution in [2.75, 3.05) is 12.0 Å². The Morgan fingerprint density at radius 1 is 1.07 bits per heavy atom. The van der Waals surface area contributed by atoms with Crippen molar-refractivity contribution in [2.24, 2.45) is 17.8 Å². The maximum atomic E-state index is 14.0. The maximum Gasteiger partial charge on any atom is 0.238 e. The first-order valence-electron chi connectivity index (χ1n) is 13.1. The number of carbonyl (C=O) groups is 4. The van der Waals surface area contributed by atoms with Gasteiger partial charge >= 0.3 is 0 Å². The topological polar surface area (TPSA) is 101 Å². The summed E-state index contributed by atoms with van der Waals surface area (Å²) in [6, 6.07) is 10.6. The molecule has 2 amide bonds. The molecule has 2 aromatic carbocycles. The molecule has 1 N–H and O–H groups in total. The molecule has 0 spiro atoms. The van der Waals surface area contributed by atoms with Gasteiger partial charge in [0.1, 0.15) is 0 Å². The highest BCUT2D eigenvalue weighted by Gasteiger charge is 2.56. The van der Waals surface area contributed by atoms with Gasteiger partial charge in [0.25, 0.3) is 0 Å². The number of imide groups is 1. The lowest BCUT2D eigenvalue weighted by Gasteiger charge is -2.42. The van der Waals surface area contributed by atoms with E-state index in [1.807, 2.05) is 25.1 Å². The zero-order valence-corrected chi connectivity index (χ0v) is 24.1. The number of rotatable bonds is 4. The molecule has 204 valence electrons. The normalized spacial score (nSPS) is 25.9. The Morgan fingerprint density at radius 2 is 1.80 bits per heavy atom. The molecule has 2 aromatic rings. The van der Waals surface area contributed by atoms with Gasteiger partial charge in [-0.2, -0.15) is 0 Å². The number of benzene rings is 2. The SMILES string of the molecule is CCc1ccc(N2C(=O)[C@H]3[C@H](CC=C4[C@H](c5cc(Cl)c(O)c(OC)c5)C5=C(C[C@H]43)C(=O)C(Br)=CC5=O)C2=O)cc1. The van der Waals surface area contributed by atoms with Crippen LogP contribution >= 0.6 is 27.5 Å². The van der Waals surface area contributed by atoms with Crippen molar-refractivity contribution >= 4 is 56.6 Å². The van der Waals surface area contributed by atoms with E-state index < -0.39 is 23.7 Å². The molecule has 1 fully saturated rings. The van der Waals surface area contributed by atoms with Gasteiger partial charge in [-0.25, -0.2) is 0 Å². The summed E-state index contributed by atoms with van der Waals surface area (Å²) < 4.78 is 5.48. The summed E-state index contributed by atoms with van der Waals surface area (Å²) in [6.45, 7) is 2.03. The van der Waals surface area contributed by atoms with E-state index in [0.717, 1.165) is 17.6 Å². The van der Waals surface area contributed by atoms with Crippen molar-refractivity contribution in [3.05, 3.63) is 85.9 Å². The van der Waals surface area contributed by atoms with E-state index in [9.17, 15) is 24.3 Å². The fourth-order valence-electron chi connectivity index (χ4n) is 6.64. The lowest BCUT2D eigenvalue weighted by molar-refractivity contribution is -0.123. The van der Waals surface area contributed by atoms with Crippen molar-refractivity contribution in [3.63, 3.8) is 0 Å². The van der Waals surface area contributed by atoms with Crippen LogP contribution in [0.4, 0.5) is 5.69 Å². The van der Waals surface area contributed by atoms with Crippen LogP contribution in [0.2, 0.25) is 5.02 Å². The van der Waals surface area contributed by atoms with E-state index in [4.69, 9.17) is 16.3 Å². The molecule has 3 aliphatic carbocycles. The summed E-state index contributed by atoms with van der Waals surface area (Å²) in [5.41, 5.74) is 3.61. The molecule has 7 nitrogen and oxygen atoms in total. The summed E-state index contributed by atoms with van der Waals surface area (Å²) in [7, 11) is 1.40. The first kappa shape index (κ1) is 26.7. The van der Waals surface area contributed by atoms with Crippen LogP contribution in [0.15, 0.2) is 69.8 Å². The third-order valence-electron chi connectivity index (χ3n) is 8.54. The summed E-state index contributed by atoms with van der Waals surface area (Å²) in [5.74, 6) is -3.73. The van der Waals surface area contributed by atoms with Crippen LogP contribution in [0, 0.1) is 17.8 Å². The van der Waals surface area contributed by atoms with Gasteiger partial charge in [0.15, 0.2) is 23.1 Å². The molecule has 6 rings (SSSR count). The van der Waals surface area contributed by atoms with E-state index in [-0.39, 0.29) is 50.8 Å². The predicted octanol–water partition coefficient (Wildman–Crippen LogP) is 5.58. The minimum absolute atomic E-state index is 0.0352. The first-order chi connectivity index (χ1) is 19.2. The van der Waals surface area contributed by atoms with Gasteiger partial charge in [-0.3, -0.25) is 24.1 Å². The monoisotopic (exact) mass is 621 g/mol. The van der Waals surface area contributed by atoms with Crippen LogP contribution in [-0.2, 0) is 25.6 Å². The largest absolute Gasteiger partial charge is 0.503 e. The molecule has 1 saturated heterocycles. The predicted molar refractivity (Wildman–Crippen MR) is 153 cm³/mol. The highest BCUT2D eigenvalue weighted by Crippen LogP contribution is 2.56. The number of hydrogen-bond acceptors (Lipinski definition) is 6. The number of hydrogen-bond donors (Lipinski definition) is 1. The van der Waals surface area contributed by atoms with Gasteiger partial charge in [0.2, 0.25) is 11.8 Å². The Bertz CT molecular complexity index is 1600. The Balaban J connectivity index is 1.49. The number of nitrogens with zero attached hydrogens (tertiary/aromatic N) is 1. The number of allylic oxidation sites excluding steroid dienone is 6. The number of ether oxygens (including phenoxy) is 1. The third-order valence-corrected chi connectivity index (χ3v) is 9.42. The minimum atomic E-state index is -0.698. The lowest BCUT2D eigenvalue weighted by Crippen LogP contribution is -2.39. The average molecular weight is 623 g/mol. The summed E-state index contributed by atoms with van der Waals surface area (Å²) >= 11 is 9.59. The molecule has 0 radical (unpaired) electrons. The highest BCUT2D eigenvalue weighted by molar-refractivity contribution is 9.12. The summed E-state index contributed by atoms with van der Waals surface area (Å²) in [5, 5.41) is 10.4. The Labute approximate surface area is 244 Å². The molecule has 0 unspecified atom stereocenters. The number of ketones is 2. The van der Waals surface area contributed by atoms with Crippen LogP contribution in [-0.4, -0.2) is 35.6 Å². The number of Topliss-reactive ketones (excluding diaryl/α,β-unsaturated/α-hetero) is 1. The van der Waals surface area contributed by atoms with Gasteiger partial charge in [-0.05, 0) is 76.5 Å². The number of fused-ring (bicyclic) bond motifs is 3. The Kier molecular flexibility index (Phi) is 6.58. The van der Waals surface area contributed by atoms with Crippen molar-refractivity contribution < 1.29 is 29.0 Å². The number of aromatic hydroxyl groups is 1. The summed E-state index contributed by atoms with van der Waals surface area (Å²) in [4.78, 5) is 55.7. The van der Waals surface area contributed by atoms with Crippen LogP contribution < -0.4 is 9.64 Å². The third kappa shape index (κ3) is 3.91. The van der Waals surface area contributed by atoms with Gasteiger partial charge < -0.3 is 9.84 Å². The van der Waals surface area contributed by atoms with E-state index >= 15 is 0 Å². The number of halogens is 2. The van der Waals surface area contributed by atoms with Gasteiger partial charge in [-0.1, -0.05) is 42.3 Å². The maximum absolute atomic E-state index is 14.0. The lowest BCUT2D eigenvalue weighted by atomic mass is 9.59. The molecule has 4 atom stereocenters. The zero-order chi connectivity index (χ0) is 28.5. The standard InChI is InChI=1S/C31H25BrClNO6/c1-3-14-4-6-16(7-5-14)34-30(38)18-9-8-17-19(26(18)31(34)39)12-20-27(23(35)13-21(32)28(20)36)25(17)15-10-22(33)29(37)24(11-15)40-2/h4-8,10-11,13,18-19,25-26,37H,3,9,12H2,1-2H3/t18-,19+,25-,26-/m0/s1. The second-order valence-electron chi connectivity index (χ2n) is 10.5. The number of carbonyl (C=O) groups excluding carboxylic acids is 4. The van der Waals surface area contributed by atoms with Crippen LogP contribution in [0.1, 0.15) is 36.8 Å². The van der Waals surface area contributed by atoms with Crippen LogP contribution in [0.25, 0.3) is 0 Å². The molecule has 0 aromatic heterocycles. The summed E-state index contributed by atoms with van der Waals surface area (Å²) in [6.07, 6.45) is 4.54. The van der Waals surface area contributed by atoms with Crippen LogP contribution in [0.5, 0.6) is 11.5 Å². The van der Waals surface area contributed by atoms with Crippen molar-refractivity contribution in [1.29, 1.82) is 0 Å². The fraction of sp³-hybridized carbons (Fsp3) is 0.290. The van der Waals surface area contributed by atoms with E-state index in [1.165, 1.54) is 18.1 Å². The first-order valence-corrected chi connectivity index (χ1v) is 14.3. The second kappa shape index (κ2) is 9.85. The molecule has 1 heterocycles. The fourth-order valence-corrected chi connectivity index (χ4v) is 7.30. The number of phenols is 1. The highest BCUT2D eigenvalue weighted by atomic mass is 79.9. The molecule has 40 heavy (non-hydrogen) atoms. The van der Waals surface area contributed by atoms with Crippen molar-refractivity contribution in [2.45, 2.75) is 32.1 Å². The number of methoxy groups -OCH3 is 1. The molecule has 0 bridgehead atoms. The van der Waals surface area contributed by atoms with Gasteiger partial charge in [-0.15, -0.1) is 0 Å². The van der Waals surface area contributed by atoms with Gasteiger partial charge in [0, 0.05) is 23.1 Å². The van der Waals surface area contributed by atoms with E-state index in [2.05, 4.69) is 15.9 Å². The van der Waals surface area contributed by atoms with Gasteiger partial charge in [0.05, 0.1) is 34.1 Å². The molecule has 0 saturated carbocycles. The Morgan fingerprint density at radius 3 is 2.48 bits per heavy atom. The second-order valence-corrected chi connectivity index (χ2v) is 11.7. The van der Waals surface area contributed by atoms with E-state index in [1.54, 1.807) is 24.3 Å². The molecular weight excluding hydrogens is 598 g/mol. The molecule has 9 heteroatoms. The number of amides is 2. The molecule has 1 aliphatic heterocycles. The number of phenolic OH excluding ortho intramolecular Hbond substituents is 1. The smallest absolute Gasteiger partial charge is 0.238 e.